The number of hydrogen-bond acceptors (Lipinski definition) is 1. The van der Waals surface area contributed by atoms with E-state index in [0.29, 0.717) is 0 Å². The van der Waals surface area contributed by atoms with E-state index in [0.717, 1.165) is 18.3 Å². The van der Waals surface area contributed by atoms with Crippen LogP contribution in [0.25, 0.3) is 0 Å². The molecule has 0 heterocycles. The third-order valence-electron chi connectivity index (χ3n) is 2.69. The molecular formula is C11H21N. The normalized spacial score (nSPS) is 21.9. The minimum atomic E-state index is 0.173. The summed E-state index contributed by atoms with van der Waals surface area (Å²) in [6.07, 6.45) is 5.41. The molecule has 0 spiro atoms. The van der Waals surface area contributed by atoms with Crippen molar-refractivity contribution in [2.45, 2.75) is 45.6 Å². The van der Waals surface area contributed by atoms with Crippen molar-refractivity contribution in [3.8, 4) is 0 Å². The highest BCUT2D eigenvalue weighted by Crippen LogP contribution is 2.36. The van der Waals surface area contributed by atoms with Gasteiger partial charge < -0.3 is 5.73 Å². The first-order valence-electron chi connectivity index (χ1n) is 5.03. The van der Waals surface area contributed by atoms with E-state index in [1.807, 2.05) is 6.92 Å². The highest BCUT2D eigenvalue weighted by atomic mass is 14.6. The molecule has 1 aliphatic rings. The van der Waals surface area contributed by atoms with Crippen molar-refractivity contribution in [3.05, 3.63) is 12.2 Å². The predicted octanol–water partition coefficient (Wildman–Crippen LogP) is 2.72. The third kappa shape index (κ3) is 3.40. The Morgan fingerprint density at radius 1 is 1.50 bits per heavy atom. The second kappa shape index (κ2) is 4.08. The summed E-state index contributed by atoms with van der Waals surface area (Å²) in [7, 11) is 0. The van der Waals surface area contributed by atoms with Crippen LogP contribution in [0.1, 0.15) is 39.5 Å². The minimum Gasteiger partial charge on any atom is -0.324 e. The van der Waals surface area contributed by atoms with Crippen molar-refractivity contribution >= 4 is 0 Å². The van der Waals surface area contributed by atoms with E-state index in [2.05, 4.69) is 13.5 Å². The molecule has 2 N–H and O–H groups in total. The van der Waals surface area contributed by atoms with Crippen LogP contribution in [0.15, 0.2) is 12.2 Å². The van der Waals surface area contributed by atoms with Crippen LogP contribution in [0, 0.1) is 11.8 Å². The lowest BCUT2D eigenvalue weighted by Gasteiger charge is -2.15. The molecule has 0 bridgehead atoms. The largest absolute Gasteiger partial charge is 0.324 e. The molecule has 12 heavy (non-hydrogen) atoms. The fourth-order valence-electron chi connectivity index (χ4n) is 1.64. The van der Waals surface area contributed by atoms with Crippen LogP contribution in [0.2, 0.25) is 0 Å². The molecule has 0 aromatic heterocycles. The molecule has 2 unspecified atom stereocenters. The van der Waals surface area contributed by atoms with Gasteiger partial charge in [-0.15, -0.1) is 0 Å². The summed E-state index contributed by atoms with van der Waals surface area (Å²) in [6, 6.07) is 0.173. The maximum atomic E-state index is 5.73. The molecule has 1 rings (SSSR count). The van der Waals surface area contributed by atoms with Gasteiger partial charge in [0.2, 0.25) is 0 Å². The lowest BCUT2D eigenvalue weighted by molar-refractivity contribution is 0.483. The zero-order valence-electron chi connectivity index (χ0n) is 8.34. The highest BCUT2D eigenvalue weighted by Gasteiger charge is 2.23. The Hall–Kier alpha value is -0.300. The van der Waals surface area contributed by atoms with Crippen molar-refractivity contribution in [1.29, 1.82) is 0 Å². The second-order valence-electron chi connectivity index (χ2n) is 4.44. The first kappa shape index (κ1) is 9.79. The van der Waals surface area contributed by atoms with Gasteiger partial charge in [0, 0.05) is 6.04 Å². The molecule has 1 aliphatic carbocycles. The molecule has 1 fully saturated rings. The van der Waals surface area contributed by atoms with E-state index < -0.39 is 0 Å². The summed E-state index contributed by atoms with van der Waals surface area (Å²) in [4.78, 5) is 0. The molecule has 0 radical (unpaired) electrons. The van der Waals surface area contributed by atoms with Gasteiger partial charge in [-0.3, -0.25) is 0 Å². The van der Waals surface area contributed by atoms with Crippen LogP contribution in [-0.4, -0.2) is 6.04 Å². The highest BCUT2D eigenvalue weighted by molar-refractivity contribution is 5.03. The fourth-order valence-corrected chi connectivity index (χ4v) is 1.64. The summed E-state index contributed by atoms with van der Waals surface area (Å²) in [5.74, 6) is 1.82. The average molecular weight is 167 g/mol. The number of rotatable bonds is 5. The molecule has 0 saturated heterocycles. The number of nitrogens with two attached hydrogens (primary N) is 1. The van der Waals surface area contributed by atoms with Crippen LogP contribution in [0.3, 0.4) is 0 Å². The van der Waals surface area contributed by atoms with E-state index in [1.165, 1.54) is 24.8 Å². The summed E-state index contributed by atoms with van der Waals surface area (Å²) in [6.45, 7) is 8.33. The standard InChI is InChI=1S/C11H21N/c1-8(7-11-4-5-11)6-9(2)10(3)12/h8,10-11H,2,4-7,12H2,1,3H3. The summed E-state index contributed by atoms with van der Waals surface area (Å²) < 4.78 is 0. The van der Waals surface area contributed by atoms with E-state index in [9.17, 15) is 0 Å². The zero-order valence-corrected chi connectivity index (χ0v) is 8.34. The summed E-state index contributed by atoms with van der Waals surface area (Å²) >= 11 is 0. The van der Waals surface area contributed by atoms with Gasteiger partial charge in [-0.1, -0.05) is 31.9 Å². The molecule has 0 amide bonds. The maximum absolute atomic E-state index is 5.73. The molecule has 0 aromatic rings. The van der Waals surface area contributed by atoms with Crippen molar-refractivity contribution in [2.75, 3.05) is 0 Å². The van der Waals surface area contributed by atoms with Gasteiger partial charge in [0.15, 0.2) is 0 Å². The Kier molecular flexibility index (Phi) is 3.33. The van der Waals surface area contributed by atoms with E-state index >= 15 is 0 Å². The molecule has 1 nitrogen and oxygen atoms in total. The third-order valence-corrected chi connectivity index (χ3v) is 2.69. The van der Waals surface area contributed by atoms with Crippen LogP contribution in [0.5, 0.6) is 0 Å². The monoisotopic (exact) mass is 167 g/mol. The smallest absolute Gasteiger partial charge is 0.0222 e. The van der Waals surface area contributed by atoms with E-state index in [1.54, 1.807) is 0 Å². The predicted molar refractivity (Wildman–Crippen MR) is 53.9 cm³/mol. The quantitative estimate of drug-likeness (QED) is 0.626. The molecule has 0 aliphatic heterocycles. The Labute approximate surface area is 76.0 Å². The fraction of sp³-hybridized carbons (Fsp3) is 0.818. The topological polar surface area (TPSA) is 26.0 Å². The first-order valence-corrected chi connectivity index (χ1v) is 5.03. The van der Waals surface area contributed by atoms with Gasteiger partial charge in [0.1, 0.15) is 0 Å². The summed E-state index contributed by atoms with van der Waals surface area (Å²) in [5, 5.41) is 0. The van der Waals surface area contributed by atoms with Crippen LogP contribution < -0.4 is 5.73 Å². The minimum absolute atomic E-state index is 0.173. The Balaban J connectivity index is 2.15. The van der Waals surface area contributed by atoms with Crippen LogP contribution in [-0.2, 0) is 0 Å². The van der Waals surface area contributed by atoms with Crippen molar-refractivity contribution in [3.63, 3.8) is 0 Å². The average Bonchev–Trinajstić information content (AvgIpc) is 2.71. The molecule has 1 heteroatoms. The lowest BCUT2D eigenvalue weighted by atomic mass is 9.94. The summed E-state index contributed by atoms with van der Waals surface area (Å²) in [5.41, 5.74) is 6.94. The van der Waals surface area contributed by atoms with Crippen molar-refractivity contribution < 1.29 is 0 Å². The Morgan fingerprint density at radius 2 is 2.08 bits per heavy atom. The molecule has 2 atom stereocenters. The van der Waals surface area contributed by atoms with Crippen molar-refractivity contribution in [2.24, 2.45) is 17.6 Å². The van der Waals surface area contributed by atoms with Gasteiger partial charge >= 0.3 is 0 Å². The SMILES string of the molecule is C=C(CC(C)CC1CC1)C(C)N. The van der Waals surface area contributed by atoms with E-state index in [4.69, 9.17) is 5.73 Å². The Morgan fingerprint density at radius 3 is 2.50 bits per heavy atom. The van der Waals surface area contributed by atoms with Gasteiger partial charge in [-0.05, 0) is 31.6 Å². The maximum Gasteiger partial charge on any atom is 0.0222 e. The van der Waals surface area contributed by atoms with Gasteiger partial charge in [-0.25, -0.2) is 0 Å². The van der Waals surface area contributed by atoms with Crippen LogP contribution in [0.4, 0.5) is 0 Å². The van der Waals surface area contributed by atoms with Crippen molar-refractivity contribution in [1.82, 2.24) is 0 Å². The number of hydrogen-bond donors (Lipinski definition) is 1. The molecule has 70 valence electrons. The van der Waals surface area contributed by atoms with Gasteiger partial charge in [0.25, 0.3) is 0 Å². The van der Waals surface area contributed by atoms with Gasteiger partial charge in [-0.2, -0.15) is 0 Å². The molecule has 1 saturated carbocycles. The van der Waals surface area contributed by atoms with E-state index in [-0.39, 0.29) is 6.04 Å². The van der Waals surface area contributed by atoms with Crippen LogP contribution >= 0.6 is 0 Å². The molecular weight excluding hydrogens is 146 g/mol. The zero-order chi connectivity index (χ0) is 9.14. The lowest BCUT2D eigenvalue weighted by Crippen LogP contribution is -2.18. The molecule has 0 aromatic carbocycles. The first-order chi connectivity index (χ1) is 5.59. The second-order valence-corrected chi connectivity index (χ2v) is 4.44. The van der Waals surface area contributed by atoms with Gasteiger partial charge in [0.05, 0.1) is 0 Å². The Bertz CT molecular complexity index is 156.